The molecule has 1 N–H and O–H groups in total. The average Bonchev–Trinajstić information content (AvgIpc) is 3.03. The predicted molar refractivity (Wildman–Crippen MR) is 107 cm³/mol. The second-order valence-corrected chi connectivity index (χ2v) is 7.43. The molecule has 0 aromatic carbocycles. The monoisotopic (exact) mass is 456 g/mol. The Morgan fingerprint density at radius 1 is 1.46 bits per heavy atom. The number of methoxy groups -OCH3 is 1. The molecule has 0 amide bonds. The minimum absolute atomic E-state index is 0.509. The Kier molecular flexibility index (Phi) is 6.57. The van der Waals surface area contributed by atoms with Crippen molar-refractivity contribution in [3.63, 3.8) is 0 Å². The van der Waals surface area contributed by atoms with Crippen molar-refractivity contribution < 1.29 is 19.4 Å². The van der Waals surface area contributed by atoms with Crippen molar-refractivity contribution in [3.8, 4) is 0 Å². The number of carbonyl (C=O) groups is 1. The number of carboxylic acids is 1. The fraction of sp³-hybridized carbons (Fsp3) is 0.588. The molecule has 2 aliphatic rings. The molecule has 1 saturated heterocycles. The van der Waals surface area contributed by atoms with E-state index in [1.165, 1.54) is 0 Å². The molecule has 1 atom stereocenters. The average molecular weight is 457 g/mol. The first-order valence-corrected chi connectivity index (χ1v) is 9.76. The Morgan fingerprint density at radius 3 is 2.75 bits per heavy atom. The highest BCUT2D eigenvalue weighted by Gasteiger charge is 2.38. The number of aryl methyl sites for hydroxylation is 1. The number of ether oxygens (including phenoxy) is 2. The van der Waals surface area contributed by atoms with E-state index in [0.717, 1.165) is 0 Å². The molecule has 10 nitrogen and oxygen atoms in total. The topological polar surface area (TPSA) is 95.7 Å². The van der Waals surface area contributed by atoms with Crippen LogP contribution in [0.25, 0.3) is 0 Å². The lowest BCUT2D eigenvalue weighted by Crippen LogP contribution is -2.56. The van der Waals surface area contributed by atoms with Gasteiger partial charge in [0.05, 0.1) is 24.3 Å². The number of hydrogen-bond donors (Lipinski definition) is 1. The number of likely N-dealkylation sites (N-methyl/N-ethyl adjacent to an activating group) is 1. The number of hydrogen-bond acceptors (Lipinski definition) is 8. The highest BCUT2D eigenvalue weighted by Crippen LogP contribution is 2.31. The summed E-state index contributed by atoms with van der Waals surface area (Å²) in [4.78, 5) is 22.6. The molecule has 1 aromatic heterocycles. The molecule has 3 rings (SSSR count). The van der Waals surface area contributed by atoms with Gasteiger partial charge < -0.3 is 24.4 Å². The van der Waals surface area contributed by atoms with Crippen LogP contribution in [-0.2, 0) is 21.3 Å². The lowest BCUT2D eigenvalue weighted by atomic mass is 10.2. The number of rotatable bonds is 6. The summed E-state index contributed by atoms with van der Waals surface area (Å²) in [6, 6.07) is -0.943. The van der Waals surface area contributed by atoms with E-state index in [1.54, 1.807) is 36.0 Å². The van der Waals surface area contributed by atoms with Crippen LogP contribution in [0.4, 0.5) is 5.82 Å². The van der Waals surface area contributed by atoms with Crippen molar-refractivity contribution in [1.29, 1.82) is 0 Å². The summed E-state index contributed by atoms with van der Waals surface area (Å²) in [5.41, 5.74) is 0. The van der Waals surface area contributed by atoms with E-state index in [9.17, 15) is 9.90 Å². The van der Waals surface area contributed by atoms with Crippen LogP contribution >= 0.6 is 15.9 Å². The van der Waals surface area contributed by atoms with Gasteiger partial charge in [0.15, 0.2) is 11.9 Å². The summed E-state index contributed by atoms with van der Waals surface area (Å²) >= 11 is 3.50. The van der Waals surface area contributed by atoms with Crippen LogP contribution in [0.15, 0.2) is 27.6 Å². The molecule has 0 bridgehead atoms. The molecule has 28 heavy (non-hydrogen) atoms. The maximum atomic E-state index is 12.2. The predicted octanol–water partition coefficient (Wildman–Crippen LogP) is 0.564. The molecule has 1 aromatic rings. The molecule has 0 aliphatic carbocycles. The maximum absolute atomic E-state index is 12.2. The summed E-state index contributed by atoms with van der Waals surface area (Å²) in [6.07, 6.45) is 3.43. The van der Waals surface area contributed by atoms with Crippen molar-refractivity contribution in [1.82, 2.24) is 19.6 Å². The smallest absolute Gasteiger partial charge is 0.331 e. The van der Waals surface area contributed by atoms with Crippen molar-refractivity contribution in [2.24, 2.45) is 12.0 Å². The minimum atomic E-state index is -0.976. The third-order valence-corrected chi connectivity index (χ3v) is 5.14. The van der Waals surface area contributed by atoms with E-state index in [4.69, 9.17) is 14.5 Å². The Balaban J connectivity index is 2.05. The Labute approximate surface area is 172 Å². The van der Waals surface area contributed by atoms with Gasteiger partial charge in [-0.2, -0.15) is 10.1 Å². The molecular weight excluding hydrogens is 432 g/mol. The van der Waals surface area contributed by atoms with Crippen molar-refractivity contribution in [2.45, 2.75) is 6.04 Å². The number of aliphatic imine (C=N–C) groups is 1. The first-order chi connectivity index (χ1) is 13.4. The molecule has 0 radical (unpaired) electrons. The number of morpholine rings is 1. The van der Waals surface area contributed by atoms with E-state index < -0.39 is 12.0 Å². The van der Waals surface area contributed by atoms with Gasteiger partial charge in [0.2, 0.25) is 5.96 Å². The van der Waals surface area contributed by atoms with Crippen LogP contribution < -0.4 is 4.90 Å². The quantitative estimate of drug-likeness (QED) is 0.663. The van der Waals surface area contributed by atoms with Crippen molar-refractivity contribution in [2.75, 3.05) is 58.5 Å². The van der Waals surface area contributed by atoms with E-state index in [0.29, 0.717) is 61.5 Å². The zero-order valence-corrected chi connectivity index (χ0v) is 17.8. The minimum Gasteiger partial charge on any atom is -0.479 e. The molecule has 2 aliphatic heterocycles. The third kappa shape index (κ3) is 4.31. The molecule has 11 heteroatoms. The lowest BCUT2D eigenvalue weighted by Gasteiger charge is -2.40. The van der Waals surface area contributed by atoms with Crippen LogP contribution in [0.5, 0.6) is 0 Å². The van der Waals surface area contributed by atoms with Crippen LogP contribution in [0.3, 0.4) is 0 Å². The normalized spacial score (nSPS) is 20.1. The SMILES string of the molecule is COCCN(C)C1=CC(C(=O)O)N(c2nn(C)cc2Br)C(N2CCOCC2)=N1. The number of nitrogens with zero attached hydrogens (tertiary/aromatic N) is 6. The van der Waals surface area contributed by atoms with Gasteiger partial charge in [0.25, 0.3) is 0 Å². The van der Waals surface area contributed by atoms with Gasteiger partial charge in [-0.25, -0.2) is 4.79 Å². The van der Waals surface area contributed by atoms with Gasteiger partial charge in [-0.05, 0) is 22.0 Å². The maximum Gasteiger partial charge on any atom is 0.331 e. The number of carboxylic acid groups (broad SMARTS) is 1. The zero-order chi connectivity index (χ0) is 20.3. The molecule has 0 saturated carbocycles. The molecular formula is C17H25BrN6O4. The molecule has 3 heterocycles. The lowest BCUT2D eigenvalue weighted by molar-refractivity contribution is -0.137. The second kappa shape index (κ2) is 8.93. The molecule has 1 unspecified atom stereocenters. The van der Waals surface area contributed by atoms with Crippen molar-refractivity contribution in [3.05, 3.63) is 22.6 Å². The Bertz CT molecular complexity index is 774. The number of guanidine groups is 1. The second-order valence-electron chi connectivity index (χ2n) is 6.58. The van der Waals surface area contributed by atoms with Gasteiger partial charge >= 0.3 is 5.97 Å². The van der Waals surface area contributed by atoms with Crippen molar-refractivity contribution >= 4 is 33.7 Å². The summed E-state index contributed by atoms with van der Waals surface area (Å²) in [5, 5.41) is 14.4. The highest BCUT2D eigenvalue weighted by atomic mass is 79.9. The number of aliphatic carboxylic acids is 1. The Morgan fingerprint density at radius 2 is 2.18 bits per heavy atom. The van der Waals surface area contributed by atoms with Crippen LogP contribution in [-0.4, -0.2) is 96.3 Å². The molecule has 154 valence electrons. The summed E-state index contributed by atoms with van der Waals surface area (Å²) in [5.74, 6) is 0.678. The number of aromatic nitrogens is 2. The fourth-order valence-corrected chi connectivity index (χ4v) is 3.66. The molecule has 0 spiro atoms. The summed E-state index contributed by atoms with van der Waals surface area (Å²) in [6.45, 7) is 3.49. The number of halogens is 1. The standard InChI is InChI=1S/C17H25BrN6O4/c1-21(4-7-27-3)14-10-13(16(25)26)24(15-12(18)11-22(2)20-15)17(19-14)23-5-8-28-9-6-23/h10-11,13H,4-9H2,1-3H3,(H,25,26). The largest absolute Gasteiger partial charge is 0.479 e. The summed E-state index contributed by atoms with van der Waals surface area (Å²) in [7, 11) is 5.29. The zero-order valence-electron chi connectivity index (χ0n) is 16.2. The van der Waals surface area contributed by atoms with Gasteiger partial charge in [-0.3, -0.25) is 9.58 Å². The third-order valence-electron chi connectivity index (χ3n) is 4.58. The Hall–Kier alpha value is -2.11. The van der Waals surface area contributed by atoms with Gasteiger partial charge in [0, 0.05) is 47.0 Å². The van der Waals surface area contributed by atoms with Crippen LogP contribution in [0.1, 0.15) is 0 Å². The number of anilines is 1. The van der Waals surface area contributed by atoms with Crippen LogP contribution in [0, 0.1) is 0 Å². The first kappa shape index (κ1) is 20.6. The van der Waals surface area contributed by atoms with E-state index in [1.807, 2.05) is 16.8 Å². The van der Waals surface area contributed by atoms with Gasteiger partial charge in [-0.1, -0.05) is 0 Å². The van der Waals surface area contributed by atoms with E-state index in [2.05, 4.69) is 21.0 Å². The first-order valence-electron chi connectivity index (χ1n) is 8.97. The van der Waals surface area contributed by atoms with Gasteiger partial charge in [-0.15, -0.1) is 0 Å². The summed E-state index contributed by atoms with van der Waals surface area (Å²) < 4.78 is 12.9. The van der Waals surface area contributed by atoms with E-state index in [-0.39, 0.29) is 0 Å². The molecule has 1 fully saturated rings. The fourth-order valence-electron chi connectivity index (χ4n) is 3.09. The van der Waals surface area contributed by atoms with Crippen LogP contribution in [0.2, 0.25) is 0 Å². The van der Waals surface area contributed by atoms with Gasteiger partial charge in [0.1, 0.15) is 5.82 Å². The highest BCUT2D eigenvalue weighted by molar-refractivity contribution is 9.10. The van der Waals surface area contributed by atoms with E-state index >= 15 is 0 Å².